The number of aromatic nitrogens is 2. The van der Waals surface area contributed by atoms with E-state index in [0.717, 1.165) is 17.0 Å². The summed E-state index contributed by atoms with van der Waals surface area (Å²) < 4.78 is 10.9. The first kappa shape index (κ1) is 20.1. The number of para-hydroxylation sites is 2. The summed E-state index contributed by atoms with van der Waals surface area (Å²) in [6, 6.07) is 16.7. The molecule has 0 fully saturated rings. The third kappa shape index (κ3) is 5.68. The molecule has 0 bridgehead atoms. The Balaban J connectivity index is 1.66. The van der Waals surface area contributed by atoms with Crippen molar-refractivity contribution in [3.63, 3.8) is 0 Å². The van der Waals surface area contributed by atoms with Gasteiger partial charge in [0, 0.05) is 12.6 Å². The van der Waals surface area contributed by atoms with Crippen molar-refractivity contribution in [2.24, 2.45) is 0 Å². The number of anilines is 2. The maximum atomic E-state index is 12.5. The second-order valence-corrected chi connectivity index (χ2v) is 6.61. The number of amides is 1. The van der Waals surface area contributed by atoms with Crippen LogP contribution in [0.1, 0.15) is 29.9 Å². The molecule has 3 aromatic rings. The number of methoxy groups -OCH3 is 1. The van der Waals surface area contributed by atoms with Gasteiger partial charge in [-0.05, 0) is 43.7 Å². The number of carbonyl (C=O) groups is 1. The minimum Gasteiger partial charge on any atom is -0.497 e. The van der Waals surface area contributed by atoms with Gasteiger partial charge in [0.25, 0.3) is 5.91 Å². The average Bonchev–Trinajstić information content (AvgIpc) is 2.73. The van der Waals surface area contributed by atoms with E-state index in [-0.39, 0.29) is 17.7 Å². The molecular weight excluding hydrogens is 368 g/mol. The van der Waals surface area contributed by atoms with E-state index in [1.165, 1.54) is 6.33 Å². The van der Waals surface area contributed by atoms with Gasteiger partial charge in [-0.15, -0.1) is 0 Å². The van der Waals surface area contributed by atoms with Crippen LogP contribution in [0.25, 0.3) is 0 Å². The van der Waals surface area contributed by atoms with E-state index in [0.29, 0.717) is 18.1 Å². The summed E-state index contributed by atoms with van der Waals surface area (Å²) in [6.07, 6.45) is 1.40. The van der Waals surface area contributed by atoms with Crippen LogP contribution in [0.2, 0.25) is 0 Å². The molecule has 1 aromatic heterocycles. The third-order valence-corrected chi connectivity index (χ3v) is 4.02. The molecule has 1 amide bonds. The van der Waals surface area contributed by atoms with Crippen molar-refractivity contribution in [1.29, 1.82) is 0 Å². The second kappa shape index (κ2) is 9.54. The van der Waals surface area contributed by atoms with Crippen LogP contribution in [0.3, 0.4) is 0 Å². The largest absolute Gasteiger partial charge is 0.497 e. The molecule has 2 N–H and O–H groups in total. The van der Waals surface area contributed by atoms with Crippen molar-refractivity contribution in [1.82, 2.24) is 15.3 Å². The predicted molar refractivity (Wildman–Crippen MR) is 112 cm³/mol. The highest BCUT2D eigenvalue weighted by Crippen LogP contribution is 2.27. The van der Waals surface area contributed by atoms with Crippen molar-refractivity contribution in [3.05, 3.63) is 72.2 Å². The molecule has 7 nitrogen and oxygen atoms in total. The third-order valence-electron chi connectivity index (χ3n) is 4.02. The molecule has 0 aliphatic rings. The normalized spacial score (nSPS) is 10.5. The lowest BCUT2D eigenvalue weighted by molar-refractivity contribution is 0.0946. The van der Waals surface area contributed by atoms with Crippen LogP contribution >= 0.6 is 0 Å². The van der Waals surface area contributed by atoms with E-state index >= 15 is 0 Å². The van der Waals surface area contributed by atoms with Gasteiger partial charge >= 0.3 is 0 Å². The van der Waals surface area contributed by atoms with Gasteiger partial charge in [-0.25, -0.2) is 9.97 Å². The summed E-state index contributed by atoms with van der Waals surface area (Å²) in [5, 5.41) is 6.05. The SMILES string of the molecule is COc1ccc(CNC(=O)c2cc(Nc3ccccc3OC(C)C)ncn2)cc1. The lowest BCUT2D eigenvalue weighted by Gasteiger charge is -2.15. The molecule has 150 valence electrons. The Morgan fingerprint density at radius 1 is 1.07 bits per heavy atom. The highest BCUT2D eigenvalue weighted by atomic mass is 16.5. The fraction of sp³-hybridized carbons (Fsp3) is 0.227. The van der Waals surface area contributed by atoms with Crippen molar-refractivity contribution in [3.8, 4) is 11.5 Å². The van der Waals surface area contributed by atoms with Gasteiger partial charge in [-0.2, -0.15) is 0 Å². The molecule has 0 aliphatic heterocycles. The van der Waals surface area contributed by atoms with E-state index in [1.54, 1.807) is 13.2 Å². The maximum Gasteiger partial charge on any atom is 0.270 e. The van der Waals surface area contributed by atoms with Crippen molar-refractivity contribution < 1.29 is 14.3 Å². The highest BCUT2D eigenvalue weighted by molar-refractivity contribution is 5.93. The zero-order valence-corrected chi connectivity index (χ0v) is 16.7. The smallest absolute Gasteiger partial charge is 0.270 e. The standard InChI is InChI=1S/C22H24N4O3/c1-15(2)29-20-7-5-4-6-18(20)26-21-12-19(24-14-25-21)22(27)23-13-16-8-10-17(28-3)11-9-16/h4-12,14-15H,13H2,1-3H3,(H,23,27)(H,24,25,26). The molecule has 7 heteroatoms. The molecule has 1 heterocycles. The van der Waals surface area contributed by atoms with Gasteiger partial charge in [0.15, 0.2) is 0 Å². The van der Waals surface area contributed by atoms with E-state index in [9.17, 15) is 4.79 Å². The molecule has 0 saturated heterocycles. The van der Waals surface area contributed by atoms with Crippen LogP contribution in [-0.2, 0) is 6.54 Å². The fourth-order valence-corrected chi connectivity index (χ4v) is 2.63. The highest BCUT2D eigenvalue weighted by Gasteiger charge is 2.11. The van der Waals surface area contributed by atoms with Crippen molar-refractivity contribution in [2.45, 2.75) is 26.5 Å². The minimum atomic E-state index is -0.280. The number of hydrogen-bond donors (Lipinski definition) is 2. The number of hydrogen-bond acceptors (Lipinski definition) is 6. The van der Waals surface area contributed by atoms with E-state index in [1.807, 2.05) is 62.4 Å². The summed E-state index contributed by atoms with van der Waals surface area (Å²) in [6.45, 7) is 4.32. The first-order valence-corrected chi connectivity index (χ1v) is 9.31. The monoisotopic (exact) mass is 392 g/mol. The summed E-state index contributed by atoms with van der Waals surface area (Å²) in [7, 11) is 1.62. The van der Waals surface area contributed by atoms with Crippen LogP contribution < -0.4 is 20.1 Å². The Hall–Kier alpha value is -3.61. The zero-order valence-electron chi connectivity index (χ0n) is 16.7. The number of ether oxygens (including phenoxy) is 2. The number of nitrogens with zero attached hydrogens (tertiary/aromatic N) is 2. The second-order valence-electron chi connectivity index (χ2n) is 6.61. The molecule has 0 saturated carbocycles. The molecule has 0 radical (unpaired) electrons. The molecule has 0 atom stereocenters. The topological polar surface area (TPSA) is 85.4 Å². The van der Waals surface area contributed by atoms with Gasteiger partial charge in [-0.3, -0.25) is 4.79 Å². The molecule has 0 aliphatic carbocycles. The molecule has 29 heavy (non-hydrogen) atoms. The Morgan fingerprint density at radius 2 is 1.83 bits per heavy atom. The van der Waals surface area contributed by atoms with E-state index < -0.39 is 0 Å². The van der Waals surface area contributed by atoms with E-state index in [4.69, 9.17) is 9.47 Å². The first-order valence-electron chi connectivity index (χ1n) is 9.31. The molecule has 3 rings (SSSR count). The fourth-order valence-electron chi connectivity index (χ4n) is 2.63. The van der Waals surface area contributed by atoms with Crippen LogP contribution in [-0.4, -0.2) is 29.1 Å². The van der Waals surface area contributed by atoms with Gasteiger partial charge in [0.2, 0.25) is 0 Å². The Bertz CT molecular complexity index is 958. The molecule has 2 aromatic carbocycles. The first-order chi connectivity index (χ1) is 14.0. The lowest BCUT2D eigenvalue weighted by Crippen LogP contribution is -2.24. The average molecular weight is 392 g/mol. The van der Waals surface area contributed by atoms with Gasteiger partial charge in [0.05, 0.1) is 18.9 Å². The Labute approximate surface area is 170 Å². The molecular formula is C22H24N4O3. The van der Waals surface area contributed by atoms with Gasteiger partial charge in [0.1, 0.15) is 29.3 Å². The quantitative estimate of drug-likeness (QED) is 0.604. The number of benzene rings is 2. The summed E-state index contributed by atoms with van der Waals surface area (Å²) >= 11 is 0. The van der Waals surface area contributed by atoms with Crippen LogP contribution in [0, 0.1) is 0 Å². The van der Waals surface area contributed by atoms with Gasteiger partial charge in [-0.1, -0.05) is 24.3 Å². The minimum absolute atomic E-state index is 0.0441. The summed E-state index contributed by atoms with van der Waals surface area (Å²) in [4.78, 5) is 20.8. The summed E-state index contributed by atoms with van der Waals surface area (Å²) in [5.74, 6) is 1.72. The predicted octanol–water partition coefficient (Wildman–Crippen LogP) is 3.95. The van der Waals surface area contributed by atoms with E-state index in [2.05, 4.69) is 20.6 Å². The van der Waals surface area contributed by atoms with Crippen LogP contribution in [0.5, 0.6) is 11.5 Å². The van der Waals surface area contributed by atoms with Crippen molar-refractivity contribution in [2.75, 3.05) is 12.4 Å². The number of nitrogens with one attached hydrogen (secondary N) is 2. The summed E-state index contributed by atoms with van der Waals surface area (Å²) in [5.41, 5.74) is 2.01. The Morgan fingerprint density at radius 3 is 2.55 bits per heavy atom. The Kier molecular flexibility index (Phi) is 6.63. The number of rotatable bonds is 8. The molecule has 0 spiro atoms. The zero-order chi connectivity index (χ0) is 20.6. The number of carbonyl (C=O) groups excluding carboxylic acids is 1. The van der Waals surface area contributed by atoms with Gasteiger partial charge < -0.3 is 20.1 Å². The lowest BCUT2D eigenvalue weighted by atomic mass is 10.2. The van der Waals surface area contributed by atoms with Crippen molar-refractivity contribution >= 4 is 17.4 Å². The maximum absolute atomic E-state index is 12.5. The van der Waals surface area contributed by atoms with Crippen LogP contribution in [0.15, 0.2) is 60.9 Å². The van der Waals surface area contributed by atoms with Crippen LogP contribution in [0.4, 0.5) is 11.5 Å². The molecule has 0 unspecified atom stereocenters.